The molecule has 2 amide bonds. The molecule has 2 N–H and O–H groups in total. The molecule has 1 unspecified atom stereocenters. The van der Waals surface area contributed by atoms with E-state index in [1.807, 2.05) is 25.1 Å². The Balaban J connectivity index is 1.48. The van der Waals surface area contributed by atoms with Gasteiger partial charge in [0, 0.05) is 23.7 Å². The number of benzene rings is 1. The van der Waals surface area contributed by atoms with Crippen LogP contribution in [0.25, 0.3) is 0 Å². The molecule has 138 valence electrons. The quantitative estimate of drug-likeness (QED) is 0.846. The third kappa shape index (κ3) is 3.36. The fraction of sp³-hybridized carbons (Fsp3) is 0.450. The van der Waals surface area contributed by atoms with Crippen molar-refractivity contribution >= 4 is 11.7 Å². The Morgan fingerprint density at radius 3 is 2.73 bits per heavy atom. The molecule has 4 rings (SSSR count). The molecule has 0 saturated carbocycles. The highest BCUT2D eigenvalue weighted by Gasteiger charge is 2.35. The fourth-order valence-electron chi connectivity index (χ4n) is 3.76. The maximum Gasteiger partial charge on any atom is 0.319 e. The van der Waals surface area contributed by atoms with E-state index in [-0.39, 0.29) is 17.5 Å². The number of furan rings is 1. The molecule has 0 bridgehead atoms. The van der Waals surface area contributed by atoms with Crippen molar-refractivity contribution in [3.63, 3.8) is 0 Å². The monoisotopic (exact) mass is 356 g/mol. The summed E-state index contributed by atoms with van der Waals surface area (Å²) < 4.78 is 16.9. The summed E-state index contributed by atoms with van der Waals surface area (Å²) in [5.41, 5.74) is 1.83. The zero-order valence-electron chi connectivity index (χ0n) is 15.3. The van der Waals surface area contributed by atoms with E-state index >= 15 is 0 Å². The first kappa shape index (κ1) is 16.8. The van der Waals surface area contributed by atoms with Crippen molar-refractivity contribution in [2.45, 2.75) is 39.7 Å². The van der Waals surface area contributed by atoms with Crippen LogP contribution in [0.4, 0.5) is 10.5 Å². The first-order valence-electron chi connectivity index (χ1n) is 8.96. The number of ether oxygens (including phenoxy) is 2. The average molecular weight is 356 g/mol. The molecule has 2 aliphatic rings. The Kier molecular flexibility index (Phi) is 4.05. The number of hydrogen-bond acceptors (Lipinski definition) is 4. The summed E-state index contributed by atoms with van der Waals surface area (Å²) in [6.07, 6.45) is 1.76. The van der Waals surface area contributed by atoms with Gasteiger partial charge in [0.2, 0.25) is 0 Å². The summed E-state index contributed by atoms with van der Waals surface area (Å²) in [4.78, 5) is 12.6. The number of anilines is 1. The molecule has 1 aromatic heterocycles. The predicted molar refractivity (Wildman–Crippen MR) is 97.9 cm³/mol. The van der Waals surface area contributed by atoms with Crippen LogP contribution in [0.1, 0.15) is 43.4 Å². The molecule has 2 aromatic rings. The van der Waals surface area contributed by atoms with Crippen LogP contribution < -0.4 is 20.1 Å². The zero-order chi connectivity index (χ0) is 18.3. The summed E-state index contributed by atoms with van der Waals surface area (Å²) in [7, 11) is 0. The van der Waals surface area contributed by atoms with E-state index in [1.165, 1.54) is 0 Å². The van der Waals surface area contributed by atoms with Crippen molar-refractivity contribution in [3.05, 3.63) is 41.3 Å². The number of fused-ring (bicyclic) bond motifs is 2. The lowest BCUT2D eigenvalue weighted by Crippen LogP contribution is -2.38. The van der Waals surface area contributed by atoms with Crippen LogP contribution in [-0.2, 0) is 6.42 Å². The lowest BCUT2D eigenvalue weighted by molar-refractivity contribution is 0.171. The number of hydrogen-bond donors (Lipinski definition) is 2. The van der Waals surface area contributed by atoms with Gasteiger partial charge in [0.1, 0.15) is 24.7 Å². The number of rotatable bonds is 2. The van der Waals surface area contributed by atoms with Gasteiger partial charge in [-0.25, -0.2) is 4.79 Å². The molecule has 6 nitrogen and oxygen atoms in total. The van der Waals surface area contributed by atoms with Gasteiger partial charge in [-0.2, -0.15) is 0 Å². The Hall–Kier alpha value is -2.63. The first-order chi connectivity index (χ1) is 12.4. The topological polar surface area (TPSA) is 72.7 Å². The van der Waals surface area contributed by atoms with Gasteiger partial charge in [0.05, 0.1) is 6.04 Å². The molecule has 0 radical (unpaired) electrons. The molecular formula is C20H24N2O4. The SMILES string of the molecule is Cc1cc2c(o1)CC(C)(C)CC2NC(=O)Nc1ccc2c(c1)OCCO2. The first-order valence-corrected chi connectivity index (χ1v) is 8.96. The van der Waals surface area contributed by atoms with Crippen LogP contribution in [0.5, 0.6) is 11.5 Å². The Morgan fingerprint density at radius 1 is 1.15 bits per heavy atom. The van der Waals surface area contributed by atoms with Gasteiger partial charge in [-0.15, -0.1) is 0 Å². The minimum Gasteiger partial charge on any atom is -0.486 e. The third-order valence-electron chi connectivity index (χ3n) is 4.84. The number of carbonyl (C=O) groups excluding carboxylic acids is 1. The molecule has 0 spiro atoms. The van der Waals surface area contributed by atoms with Crippen LogP contribution >= 0.6 is 0 Å². The molecule has 26 heavy (non-hydrogen) atoms. The molecule has 2 heterocycles. The van der Waals surface area contributed by atoms with E-state index < -0.39 is 0 Å². The second-order valence-corrected chi connectivity index (χ2v) is 7.79. The Morgan fingerprint density at radius 2 is 1.92 bits per heavy atom. The van der Waals surface area contributed by atoms with Crippen molar-refractivity contribution < 1.29 is 18.7 Å². The maximum absolute atomic E-state index is 12.6. The highest BCUT2D eigenvalue weighted by molar-refractivity contribution is 5.90. The van der Waals surface area contributed by atoms with Gasteiger partial charge in [-0.1, -0.05) is 13.8 Å². The van der Waals surface area contributed by atoms with Gasteiger partial charge in [0.15, 0.2) is 11.5 Å². The van der Waals surface area contributed by atoms with Crippen LogP contribution in [-0.4, -0.2) is 19.2 Å². The van der Waals surface area contributed by atoms with Crippen LogP contribution in [0.2, 0.25) is 0 Å². The van der Waals surface area contributed by atoms with Crippen LogP contribution in [0.15, 0.2) is 28.7 Å². The normalized spacial score (nSPS) is 20.2. The lowest BCUT2D eigenvalue weighted by atomic mass is 9.75. The van der Waals surface area contributed by atoms with Gasteiger partial charge >= 0.3 is 6.03 Å². The smallest absolute Gasteiger partial charge is 0.319 e. The van der Waals surface area contributed by atoms with Gasteiger partial charge in [-0.3, -0.25) is 0 Å². The maximum atomic E-state index is 12.6. The van der Waals surface area contributed by atoms with Crippen molar-refractivity contribution in [2.24, 2.45) is 5.41 Å². The van der Waals surface area contributed by atoms with E-state index in [9.17, 15) is 4.79 Å². The molecule has 1 aliphatic heterocycles. The third-order valence-corrected chi connectivity index (χ3v) is 4.84. The number of nitrogens with one attached hydrogen (secondary N) is 2. The van der Waals surface area contributed by atoms with Crippen molar-refractivity contribution in [3.8, 4) is 11.5 Å². The van der Waals surface area contributed by atoms with Gasteiger partial charge in [-0.05, 0) is 37.0 Å². The van der Waals surface area contributed by atoms with Crippen molar-refractivity contribution in [1.82, 2.24) is 5.32 Å². The van der Waals surface area contributed by atoms with Gasteiger partial charge in [0.25, 0.3) is 0 Å². The van der Waals surface area contributed by atoms with E-state index in [2.05, 4.69) is 24.5 Å². The number of urea groups is 1. The highest BCUT2D eigenvalue weighted by atomic mass is 16.6. The second-order valence-electron chi connectivity index (χ2n) is 7.79. The summed E-state index contributed by atoms with van der Waals surface area (Å²) in [6, 6.07) is 7.13. The molecule has 1 aromatic carbocycles. The minimum absolute atomic E-state index is 0.0663. The summed E-state index contributed by atoms with van der Waals surface area (Å²) in [6.45, 7) is 7.40. The van der Waals surface area contributed by atoms with Crippen molar-refractivity contribution in [2.75, 3.05) is 18.5 Å². The van der Waals surface area contributed by atoms with Crippen LogP contribution in [0.3, 0.4) is 0 Å². The number of carbonyl (C=O) groups is 1. The van der Waals surface area contributed by atoms with Crippen molar-refractivity contribution in [1.29, 1.82) is 0 Å². The number of amides is 2. The second kappa shape index (κ2) is 6.27. The van der Waals surface area contributed by atoms with Crippen LogP contribution in [0, 0.1) is 12.3 Å². The van der Waals surface area contributed by atoms with E-state index in [0.29, 0.717) is 30.4 Å². The minimum atomic E-state index is -0.241. The summed E-state index contributed by atoms with van der Waals surface area (Å²) >= 11 is 0. The molecule has 0 fully saturated rings. The van der Waals surface area contributed by atoms with E-state index in [1.54, 1.807) is 6.07 Å². The number of aryl methyl sites for hydroxylation is 1. The molecular weight excluding hydrogens is 332 g/mol. The highest BCUT2D eigenvalue weighted by Crippen LogP contribution is 2.42. The standard InChI is InChI=1S/C20H24N2O4/c1-12-8-14-15(10-20(2,3)11-18(14)26-12)22-19(23)21-13-4-5-16-17(9-13)25-7-6-24-16/h4-5,8-9,15H,6-7,10-11H2,1-3H3,(H2,21,22,23). The Bertz CT molecular complexity index is 840. The molecule has 1 atom stereocenters. The van der Waals surface area contributed by atoms with E-state index in [4.69, 9.17) is 13.9 Å². The average Bonchev–Trinajstić information content (AvgIpc) is 2.93. The summed E-state index contributed by atoms with van der Waals surface area (Å²) in [5.74, 6) is 3.21. The molecule has 0 saturated heterocycles. The predicted octanol–water partition coefficient (Wildman–Crippen LogP) is 4.19. The zero-order valence-corrected chi connectivity index (χ0v) is 15.3. The largest absolute Gasteiger partial charge is 0.486 e. The lowest BCUT2D eigenvalue weighted by Gasteiger charge is -2.34. The molecule has 6 heteroatoms. The summed E-state index contributed by atoms with van der Waals surface area (Å²) in [5, 5.41) is 5.98. The van der Waals surface area contributed by atoms with Gasteiger partial charge < -0.3 is 24.5 Å². The Labute approximate surface area is 152 Å². The molecule has 1 aliphatic carbocycles. The van der Waals surface area contributed by atoms with E-state index in [0.717, 1.165) is 29.9 Å². The fourth-order valence-corrected chi connectivity index (χ4v) is 3.76.